The molecule has 0 heterocycles. The van der Waals surface area contributed by atoms with Gasteiger partial charge < -0.3 is 4.74 Å². The second kappa shape index (κ2) is 5.47. The minimum atomic E-state index is -0.0160. The number of carbonyl (C=O) groups excluding carboxylic acids is 1. The number of halogens is 2. The number of ether oxygens (including phenoxy) is 1. The molecule has 2 nitrogen and oxygen atoms in total. The van der Waals surface area contributed by atoms with E-state index in [0.717, 1.165) is 8.96 Å². The fourth-order valence-electron chi connectivity index (χ4n) is 1.06. The first-order chi connectivity index (χ1) is 7.00. The Balaban J connectivity index is 2.96. The fraction of sp³-hybridized carbons (Fsp3) is 0.182. The van der Waals surface area contributed by atoms with Gasteiger partial charge in [-0.05, 0) is 25.1 Å². The van der Waals surface area contributed by atoms with Crippen molar-refractivity contribution in [1.29, 1.82) is 0 Å². The van der Waals surface area contributed by atoms with E-state index in [9.17, 15) is 4.79 Å². The molecule has 0 bridgehead atoms. The number of hydrogen-bond donors (Lipinski definition) is 0. The molecule has 1 aromatic rings. The highest BCUT2D eigenvalue weighted by Crippen LogP contribution is 2.24. The number of rotatable bonds is 4. The van der Waals surface area contributed by atoms with Crippen molar-refractivity contribution in [2.45, 2.75) is 6.92 Å². The Morgan fingerprint density at radius 3 is 2.73 bits per heavy atom. The first-order valence-electron chi connectivity index (χ1n) is 4.27. The fourth-order valence-corrected chi connectivity index (χ4v) is 1.52. The Morgan fingerprint density at radius 2 is 2.20 bits per heavy atom. The van der Waals surface area contributed by atoms with Gasteiger partial charge in [0.15, 0.2) is 5.78 Å². The molecule has 0 saturated carbocycles. The topological polar surface area (TPSA) is 26.3 Å². The second-order valence-corrected chi connectivity index (χ2v) is 5.04. The summed E-state index contributed by atoms with van der Waals surface area (Å²) in [6.07, 6.45) is 0. The lowest BCUT2D eigenvalue weighted by Crippen LogP contribution is -2.02. The van der Waals surface area contributed by atoms with Gasteiger partial charge in [-0.25, -0.2) is 0 Å². The van der Waals surface area contributed by atoms with Gasteiger partial charge in [0.25, 0.3) is 0 Å². The molecule has 0 saturated heterocycles. The van der Waals surface area contributed by atoms with Crippen molar-refractivity contribution in [3.05, 3.63) is 39.3 Å². The summed E-state index contributed by atoms with van der Waals surface area (Å²) in [5.41, 5.74) is 0.576. The van der Waals surface area contributed by atoms with Gasteiger partial charge in [-0.1, -0.05) is 38.4 Å². The van der Waals surface area contributed by atoms with Crippen LogP contribution in [0.1, 0.15) is 17.3 Å². The Labute approximate surface area is 106 Å². The van der Waals surface area contributed by atoms with Gasteiger partial charge in [0.1, 0.15) is 12.4 Å². The van der Waals surface area contributed by atoms with E-state index in [2.05, 4.69) is 38.4 Å². The third-order valence-electron chi connectivity index (χ3n) is 1.71. The van der Waals surface area contributed by atoms with Crippen molar-refractivity contribution in [2.24, 2.45) is 0 Å². The third-order valence-corrected chi connectivity index (χ3v) is 2.43. The highest BCUT2D eigenvalue weighted by atomic mass is 79.9. The predicted octanol–water partition coefficient (Wildman–Crippen LogP) is 3.94. The molecule has 0 aliphatic rings. The van der Waals surface area contributed by atoms with E-state index in [0.29, 0.717) is 17.9 Å². The van der Waals surface area contributed by atoms with Crippen molar-refractivity contribution < 1.29 is 9.53 Å². The van der Waals surface area contributed by atoms with Crippen LogP contribution in [-0.2, 0) is 0 Å². The normalized spacial score (nSPS) is 9.80. The summed E-state index contributed by atoms with van der Waals surface area (Å²) in [6.45, 7) is 5.52. The lowest BCUT2D eigenvalue weighted by atomic mass is 10.1. The number of benzene rings is 1. The molecule has 0 aromatic heterocycles. The van der Waals surface area contributed by atoms with Crippen LogP contribution >= 0.6 is 31.9 Å². The molecule has 0 fully saturated rings. The molecule has 4 heteroatoms. The van der Waals surface area contributed by atoms with Crippen LogP contribution in [0, 0.1) is 0 Å². The number of ketones is 1. The van der Waals surface area contributed by atoms with Crippen molar-refractivity contribution in [3.63, 3.8) is 0 Å². The van der Waals surface area contributed by atoms with Gasteiger partial charge in [-0.2, -0.15) is 0 Å². The summed E-state index contributed by atoms with van der Waals surface area (Å²) in [7, 11) is 0. The second-order valence-electron chi connectivity index (χ2n) is 3.00. The summed E-state index contributed by atoms with van der Waals surface area (Å²) in [4.78, 5) is 11.3. The lowest BCUT2D eigenvalue weighted by molar-refractivity contribution is 0.101. The molecule has 0 atom stereocenters. The van der Waals surface area contributed by atoms with Gasteiger partial charge >= 0.3 is 0 Å². The minimum Gasteiger partial charge on any atom is -0.488 e. The van der Waals surface area contributed by atoms with Crippen LogP contribution in [0.4, 0.5) is 0 Å². The van der Waals surface area contributed by atoms with E-state index in [1.807, 2.05) is 6.07 Å². The van der Waals surface area contributed by atoms with Crippen LogP contribution in [0.25, 0.3) is 0 Å². The van der Waals surface area contributed by atoms with E-state index in [-0.39, 0.29) is 5.78 Å². The van der Waals surface area contributed by atoms with E-state index in [4.69, 9.17) is 4.74 Å². The third kappa shape index (κ3) is 3.80. The van der Waals surface area contributed by atoms with Gasteiger partial charge in [-0.3, -0.25) is 4.79 Å². The van der Waals surface area contributed by atoms with Crippen LogP contribution in [0.15, 0.2) is 33.7 Å². The van der Waals surface area contributed by atoms with Crippen LogP contribution in [0.5, 0.6) is 5.75 Å². The zero-order valence-corrected chi connectivity index (χ0v) is 11.4. The average molecular weight is 334 g/mol. The monoisotopic (exact) mass is 332 g/mol. The maximum absolute atomic E-state index is 11.3. The SMILES string of the molecule is C=C(Br)COc1cc(Br)ccc1C(C)=O. The quantitative estimate of drug-likeness (QED) is 0.780. The molecule has 0 radical (unpaired) electrons. The van der Waals surface area contributed by atoms with E-state index in [1.165, 1.54) is 6.92 Å². The van der Waals surface area contributed by atoms with Gasteiger partial charge in [0, 0.05) is 8.96 Å². The van der Waals surface area contributed by atoms with Crippen molar-refractivity contribution in [2.75, 3.05) is 6.61 Å². The number of carbonyl (C=O) groups is 1. The maximum Gasteiger partial charge on any atom is 0.163 e. The smallest absolute Gasteiger partial charge is 0.163 e. The molecule has 0 amide bonds. The van der Waals surface area contributed by atoms with Crippen LogP contribution in [0.2, 0.25) is 0 Å². The van der Waals surface area contributed by atoms with Crippen molar-refractivity contribution in [3.8, 4) is 5.75 Å². The molecule has 80 valence electrons. The number of hydrogen-bond acceptors (Lipinski definition) is 2. The van der Waals surface area contributed by atoms with Crippen LogP contribution in [0.3, 0.4) is 0 Å². The summed E-state index contributed by atoms with van der Waals surface area (Å²) < 4.78 is 7.05. The standard InChI is InChI=1S/C11H10Br2O2/c1-7(12)6-15-11-5-9(13)3-4-10(11)8(2)14/h3-5H,1,6H2,2H3. The molecule has 1 aromatic carbocycles. The lowest BCUT2D eigenvalue weighted by Gasteiger charge is -2.09. The van der Waals surface area contributed by atoms with E-state index < -0.39 is 0 Å². The van der Waals surface area contributed by atoms with Crippen LogP contribution < -0.4 is 4.74 Å². The molecule has 0 aliphatic carbocycles. The Hall–Kier alpha value is -0.610. The highest BCUT2D eigenvalue weighted by molar-refractivity contribution is 9.11. The zero-order chi connectivity index (χ0) is 11.4. The first-order valence-corrected chi connectivity index (χ1v) is 5.86. The number of Topliss-reactive ketones (excluding diaryl/α,β-unsaturated/α-hetero) is 1. The molecule has 0 N–H and O–H groups in total. The van der Waals surface area contributed by atoms with Crippen LogP contribution in [-0.4, -0.2) is 12.4 Å². The Morgan fingerprint density at radius 1 is 1.53 bits per heavy atom. The largest absolute Gasteiger partial charge is 0.488 e. The van der Waals surface area contributed by atoms with E-state index in [1.54, 1.807) is 12.1 Å². The molecule has 0 aliphatic heterocycles. The Kier molecular flexibility index (Phi) is 4.54. The van der Waals surface area contributed by atoms with E-state index >= 15 is 0 Å². The molecular formula is C11H10Br2O2. The molecule has 0 spiro atoms. The molecule has 15 heavy (non-hydrogen) atoms. The molecule has 0 unspecified atom stereocenters. The first kappa shape index (κ1) is 12.5. The maximum atomic E-state index is 11.3. The summed E-state index contributed by atoms with van der Waals surface area (Å²) in [6, 6.07) is 5.32. The summed E-state index contributed by atoms with van der Waals surface area (Å²) in [5, 5.41) is 0. The Bertz CT molecular complexity index is 400. The average Bonchev–Trinajstić information content (AvgIpc) is 2.14. The van der Waals surface area contributed by atoms with Gasteiger partial charge in [0.05, 0.1) is 5.56 Å². The summed E-state index contributed by atoms with van der Waals surface area (Å²) >= 11 is 6.52. The highest BCUT2D eigenvalue weighted by Gasteiger charge is 2.08. The zero-order valence-electron chi connectivity index (χ0n) is 8.22. The van der Waals surface area contributed by atoms with Gasteiger partial charge in [0.2, 0.25) is 0 Å². The predicted molar refractivity (Wildman–Crippen MR) is 67.7 cm³/mol. The minimum absolute atomic E-state index is 0.0160. The molecular weight excluding hydrogens is 324 g/mol. The molecule has 1 rings (SSSR count). The van der Waals surface area contributed by atoms with Crippen molar-refractivity contribution >= 4 is 37.6 Å². The summed E-state index contributed by atoms with van der Waals surface area (Å²) in [5.74, 6) is 0.551. The van der Waals surface area contributed by atoms with Crippen molar-refractivity contribution in [1.82, 2.24) is 0 Å². The van der Waals surface area contributed by atoms with Gasteiger partial charge in [-0.15, -0.1) is 0 Å².